The molecule has 0 saturated heterocycles. The summed E-state index contributed by atoms with van der Waals surface area (Å²) in [6.45, 7) is 6.12. The third kappa shape index (κ3) is 3.25. The summed E-state index contributed by atoms with van der Waals surface area (Å²) in [6, 6.07) is 4.79. The van der Waals surface area contributed by atoms with Crippen molar-refractivity contribution < 1.29 is 14.2 Å². The molecule has 0 aliphatic carbocycles. The smallest absolute Gasteiger partial charge is 0.127 e. The quantitative estimate of drug-likeness (QED) is 0.881. The summed E-state index contributed by atoms with van der Waals surface area (Å²) >= 11 is 0. The van der Waals surface area contributed by atoms with Crippen molar-refractivity contribution in [2.45, 2.75) is 51.3 Å². The zero-order valence-corrected chi connectivity index (χ0v) is 11.7. The van der Waals surface area contributed by atoms with Gasteiger partial charge < -0.3 is 15.2 Å². The largest absolute Gasteiger partial charge is 0.487 e. The van der Waals surface area contributed by atoms with Crippen LogP contribution in [0, 0.1) is 5.82 Å². The molecule has 1 aliphatic rings. The van der Waals surface area contributed by atoms with Crippen LogP contribution >= 0.6 is 0 Å². The van der Waals surface area contributed by atoms with Crippen molar-refractivity contribution in [2.75, 3.05) is 6.61 Å². The molecule has 0 fully saturated rings. The van der Waals surface area contributed by atoms with Crippen LogP contribution in [0.15, 0.2) is 18.2 Å². The second-order valence-electron chi connectivity index (χ2n) is 5.76. The normalized spacial score (nSPS) is 22.5. The second-order valence-corrected chi connectivity index (χ2v) is 5.76. The van der Waals surface area contributed by atoms with Gasteiger partial charge in [-0.05, 0) is 26.3 Å². The molecule has 1 aromatic rings. The molecule has 0 amide bonds. The van der Waals surface area contributed by atoms with Gasteiger partial charge in [0.2, 0.25) is 0 Å². The Hall–Kier alpha value is -1.13. The van der Waals surface area contributed by atoms with Gasteiger partial charge in [-0.1, -0.05) is 13.0 Å². The van der Waals surface area contributed by atoms with E-state index in [9.17, 15) is 9.50 Å². The van der Waals surface area contributed by atoms with E-state index in [4.69, 9.17) is 4.74 Å². The fraction of sp³-hybridized carbons (Fsp3) is 0.600. The zero-order valence-electron chi connectivity index (χ0n) is 11.7. The minimum Gasteiger partial charge on any atom is -0.487 e. The molecule has 106 valence electrons. The highest BCUT2D eigenvalue weighted by atomic mass is 19.1. The molecule has 0 spiro atoms. The Balaban J connectivity index is 2.29. The third-order valence-electron chi connectivity index (χ3n) is 3.58. The number of hydrogen-bond acceptors (Lipinski definition) is 3. The Morgan fingerprint density at radius 3 is 2.89 bits per heavy atom. The summed E-state index contributed by atoms with van der Waals surface area (Å²) in [5.41, 5.74) is 0.624. The molecule has 2 unspecified atom stereocenters. The lowest BCUT2D eigenvalue weighted by Gasteiger charge is -2.39. The zero-order chi connectivity index (χ0) is 14.0. The maximum atomic E-state index is 13.3. The van der Waals surface area contributed by atoms with E-state index in [0.717, 1.165) is 18.4 Å². The number of nitrogens with one attached hydrogen (secondary N) is 1. The summed E-state index contributed by atoms with van der Waals surface area (Å²) in [6.07, 6.45) is 1.65. The summed E-state index contributed by atoms with van der Waals surface area (Å²) in [5.74, 6) is 0.311. The van der Waals surface area contributed by atoms with Crippen molar-refractivity contribution in [3.05, 3.63) is 29.6 Å². The topological polar surface area (TPSA) is 41.5 Å². The van der Waals surface area contributed by atoms with Crippen molar-refractivity contribution in [2.24, 2.45) is 0 Å². The first kappa shape index (κ1) is 14.3. The molecular formula is C15H22FNO2. The van der Waals surface area contributed by atoms with Gasteiger partial charge in [-0.3, -0.25) is 0 Å². The van der Waals surface area contributed by atoms with E-state index in [1.165, 1.54) is 12.1 Å². The van der Waals surface area contributed by atoms with Gasteiger partial charge in [0.15, 0.2) is 0 Å². The van der Waals surface area contributed by atoms with Gasteiger partial charge in [0.25, 0.3) is 0 Å². The highest BCUT2D eigenvalue weighted by Gasteiger charge is 2.34. The van der Waals surface area contributed by atoms with Gasteiger partial charge >= 0.3 is 0 Å². The molecule has 0 saturated carbocycles. The van der Waals surface area contributed by atoms with Crippen molar-refractivity contribution >= 4 is 0 Å². The van der Waals surface area contributed by atoms with Gasteiger partial charge in [-0.15, -0.1) is 0 Å². The third-order valence-corrected chi connectivity index (χ3v) is 3.58. The second kappa shape index (κ2) is 5.47. The molecule has 4 heteroatoms. The number of hydrogen-bond donors (Lipinski definition) is 2. The average Bonchev–Trinajstić information content (AvgIpc) is 2.33. The maximum absolute atomic E-state index is 13.3. The van der Waals surface area contributed by atoms with Crippen molar-refractivity contribution in [3.63, 3.8) is 0 Å². The number of fused-ring (bicyclic) bond motifs is 1. The number of aliphatic hydroxyl groups excluding tert-OH is 1. The molecule has 0 bridgehead atoms. The van der Waals surface area contributed by atoms with Crippen molar-refractivity contribution in [3.8, 4) is 5.75 Å². The van der Waals surface area contributed by atoms with E-state index >= 15 is 0 Å². The first-order chi connectivity index (χ1) is 8.95. The van der Waals surface area contributed by atoms with E-state index in [1.54, 1.807) is 6.07 Å². The number of ether oxygens (including phenoxy) is 1. The predicted molar refractivity (Wildman–Crippen MR) is 72.8 cm³/mol. The highest BCUT2D eigenvalue weighted by molar-refractivity contribution is 5.39. The van der Waals surface area contributed by atoms with Crippen LogP contribution in [-0.4, -0.2) is 23.4 Å². The van der Waals surface area contributed by atoms with Crippen LogP contribution in [-0.2, 0) is 0 Å². The van der Waals surface area contributed by atoms with Crippen LogP contribution in [0.1, 0.15) is 45.2 Å². The predicted octanol–water partition coefficient (Wildman–Crippen LogP) is 2.79. The Labute approximate surface area is 113 Å². The van der Waals surface area contributed by atoms with E-state index < -0.39 is 0 Å². The van der Waals surface area contributed by atoms with E-state index in [2.05, 4.69) is 5.32 Å². The Bertz CT molecular complexity index is 444. The van der Waals surface area contributed by atoms with Gasteiger partial charge in [-0.25, -0.2) is 4.39 Å². The summed E-state index contributed by atoms with van der Waals surface area (Å²) in [5, 5.41) is 12.8. The molecule has 19 heavy (non-hydrogen) atoms. The Morgan fingerprint density at radius 1 is 1.53 bits per heavy atom. The van der Waals surface area contributed by atoms with Crippen LogP contribution in [0.5, 0.6) is 5.75 Å². The minimum atomic E-state index is -0.341. The first-order valence-corrected chi connectivity index (χ1v) is 6.80. The summed E-state index contributed by atoms with van der Waals surface area (Å²) in [7, 11) is 0. The van der Waals surface area contributed by atoms with Gasteiger partial charge in [0, 0.05) is 30.1 Å². The van der Waals surface area contributed by atoms with Gasteiger partial charge in [-0.2, -0.15) is 0 Å². The highest BCUT2D eigenvalue weighted by Crippen LogP contribution is 2.39. The lowest BCUT2D eigenvalue weighted by molar-refractivity contribution is 0.0605. The molecule has 0 radical (unpaired) electrons. The van der Waals surface area contributed by atoms with Crippen LogP contribution in [0.25, 0.3) is 0 Å². The molecule has 1 heterocycles. The minimum absolute atomic E-state index is 0.0526. The molecular weight excluding hydrogens is 245 g/mol. The molecule has 2 N–H and O–H groups in total. The van der Waals surface area contributed by atoms with Crippen LogP contribution in [0.4, 0.5) is 4.39 Å². The lowest BCUT2D eigenvalue weighted by Crippen LogP contribution is -2.43. The number of halogens is 1. The first-order valence-electron chi connectivity index (χ1n) is 6.80. The SMILES string of the molecule is CCC(CO)NC1CC(C)(C)Oc2cc(F)ccc21. The van der Waals surface area contributed by atoms with E-state index in [0.29, 0.717) is 5.75 Å². The van der Waals surface area contributed by atoms with Crippen LogP contribution < -0.4 is 10.1 Å². The monoisotopic (exact) mass is 267 g/mol. The standard InChI is InChI=1S/C15H22FNO2/c1-4-11(9-18)17-13-8-15(2,3)19-14-7-10(16)5-6-12(13)14/h5-7,11,13,17-18H,4,8-9H2,1-3H3. The summed E-state index contributed by atoms with van der Waals surface area (Å²) < 4.78 is 19.2. The van der Waals surface area contributed by atoms with Crippen LogP contribution in [0.2, 0.25) is 0 Å². The Morgan fingerprint density at radius 2 is 2.26 bits per heavy atom. The lowest BCUT2D eigenvalue weighted by atomic mass is 9.89. The number of aliphatic hydroxyl groups is 1. The van der Waals surface area contributed by atoms with Gasteiger partial charge in [0.05, 0.1) is 6.61 Å². The molecule has 3 nitrogen and oxygen atoms in total. The molecule has 2 rings (SSSR count). The van der Waals surface area contributed by atoms with Crippen LogP contribution in [0.3, 0.4) is 0 Å². The van der Waals surface area contributed by atoms with Gasteiger partial charge in [0.1, 0.15) is 17.2 Å². The molecule has 1 aromatic carbocycles. The van der Waals surface area contributed by atoms with Crippen molar-refractivity contribution in [1.82, 2.24) is 5.32 Å². The van der Waals surface area contributed by atoms with E-state index in [1.807, 2.05) is 20.8 Å². The number of rotatable bonds is 4. The average molecular weight is 267 g/mol. The summed E-state index contributed by atoms with van der Waals surface area (Å²) in [4.78, 5) is 0. The molecule has 1 aliphatic heterocycles. The maximum Gasteiger partial charge on any atom is 0.127 e. The van der Waals surface area contributed by atoms with E-state index in [-0.39, 0.29) is 30.1 Å². The number of benzene rings is 1. The molecule has 2 atom stereocenters. The van der Waals surface area contributed by atoms with Crippen molar-refractivity contribution in [1.29, 1.82) is 0 Å². The Kier molecular flexibility index (Phi) is 4.11. The fourth-order valence-electron chi connectivity index (χ4n) is 2.56. The molecule has 0 aromatic heterocycles. The fourth-order valence-corrected chi connectivity index (χ4v) is 2.56.